The summed E-state index contributed by atoms with van der Waals surface area (Å²) in [6.45, 7) is 6.10. The minimum Gasteiger partial charge on any atom is -0.479 e. The molecule has 146 valence electrons. The molecular formula is C21H28N2O4. The molecule has 1 aliphatic carbocycles. The van der Waals surface area contributed by atoms with Crippen LogP contribution in [0.3, 0.4) is 0 Å². The minimum absolute atomic E-state index is 0.169. The molecule has 0 radical (unpaired) electrons. The zero-order chi connectivity index (χ0) is 19.8. The summed E-state index contributed by atoms with van der Waals surface area (Å²) < 4.78 is 7.69. The number of rotatable bonds is 7. The molecule has 0 aliphatic heterocycles. The van der Waals surface area contributed by atoms with E-state index in [1.54, 1.807) is 0 Å². The van der Waals surface area contributed by atoms with Crippen LogP contribution in [0.25, 0.3) is 10.9 Å². The van der Waals surface area contributed by atoms with Gasteiger partial charge in [0.15, 0.2) is 0 Å². The molecule has 1 aliphatic rings. The number of aryl methyl sites for hydroxylation is 2. The number of carboxylic acid groups (broad SMARTS) is 1. The number of fused-ring (bicyclic) bond motifs is 1. The van der Waals surface area contributed by atoms with Crippen LogP contribution in [0.15, 0.2) is 30.5 Å². The lowest BCUT2D eigenvalue weighted by Crippen LogP contribution is -2.76. The van der Waals surface area contributed by atoms with E-state index in [0.717, 1.165) is 16.5 Å². The van der Waals surface area contributed by atoms with Gasteiger partial charge in [0, 0.05) is 49.0 Å². The van der Waals surface area contributed by atoms with E-state index in [4.69, 9.17) is 4.74 Å². The summed E-state index contributed by atoms with van der Waals surface area (Å²) in [5, 5.41) is 13.7. The second-order valence-electron chi connectivity index (χ2n) is 7.91. The predicted octanol–water partition coefficient (Wildman–Crippen LogP) is 2.89. The lowest BCUT2D eigenvalue weighted by Gasteiger charge is -2.58. The van der Waals surface area contributed by atoms with Crippen molar-refractivity contribution in [1.29, 1.82) is 0 Å². The number of nitrogens with zero attached hydrogens (tertiary/aromatic N) is 1. The third kappa shape index (κ3) is 3.12. The van der Waals surface area contributed by atoms with Gasteiger partial charge in [0.25, 0.3) is 0 Å². The number of carbonyl (C=O) groups is 2. The largest absolute Gasteiger partial charge is 0.479 e. The van der Waals surface area contributed by atoms with E-state index in [-0.39, 0.29) is 18.4 Å². The first kappa shape index (κ1) is 19.4. The molecule has 0 bridgehead atoms. The average Bonchev–Trinajstić information content (AvgIpc) is 2.95. The van der Waals surface area contributed by atoms with Crippen LogP contribution in [-0.2, 0) is 27.8 Å². The van der Waals surface area contributed by atoms with Crippen molar-refractivity contribution in [2.24, 2.45) is 12.5 Å². The summed E-state index contributed by atoms with van der Waals surface area (Å²) in [6, 6.07) is 8.06. The number of hydrogen-bond acceptors (Lipinski definition) is 3. The molecule has 0 saturated heterocycles. The van der Waals surface area contributed by atoms with Crippen molar-refractivity contribution in [2.45, 2.75) is 51.7 Å². The molecule has 1 amide bonds. The molecule has 6 nitrogen and oxygen atoms in total. The molecule has 0 spiro atoms. The van der Waals surface area contributed by atoms with Gasteiger partial charge in [-0.3, -0.25) is 4.79 Å². The summed E-state index contributed by atoms with van der Waals surface area (Å²) in [4.78, 5) is 24.6. The van der Waals surface area contributed by atoms with Crippen molar-refractivity contribution >= 4 is 22.8 Å². The van der Waals surface area contributed by atoms with Crippen molar-refractivity contribution in [1.82, 2.24) is 9.88 Å². The SMILES string of the molecule is CCOC1CC(NC(=O)CCc2cn(C)c3ccccc23)(C(=O)O)C1(C)C. The van der Waals surface area contributed by atoms with Gasteiger partial charge in [-0.05, 0) is 25.0 Å². The van der Waals surface area contributed by atoms with Gasteiger partial charge in [-0.15, -0.1) is 0 Å². The van der Waals surface area contributed by atoms with Crippen LogP contribution in [0, 0.1) is 5.41 Å². The molecule has 2 unspecified atom stereocenters. The number of para-hydroxylation sites is 1. The van der Waals surface area contributed by atoms with E-state index in [1.807, 2.05) is 62.8 Å². The highest BCUT2D eigenvalue weighted by molar-refractivity contribution is 5.90. The van der Waals surface area contributed by atoms with Gasteiger partial charge in [-0.2, -0.15) is 0 Å². The molecule has 1 aromatic heterocycles. The highest BCUT2D eigenvalue weighted by Gasteiger charge is 2.66. The van der Waals surface area contributed by atoms with Gasteiger partial charge in [0.05, 0.1) is 6.10 Å². The summed E-state index contributed by atoms with van der Waals surface area (Å²) in [7, 11) is 1.98. The maximum Gasteiger partial charge on any atom is 0.330 e. The Kier molecular flexibility index (Phi) is 5.04. The summed E-state index contributed by atoms with van der Waals surface area (Å²) in [5.41, 5.74) is 0.273. The third-order valence-corrected chi connectivity index (χ3v) is 6.08. The number of aliphatic carboxylic acids is 1. The summed E-state index contributed by atoms with van der Waals surface area (Å²) in [6.07, 6.45) is 2.97. The number of ether oxygens (including phenoxy) is 1. The number of benzene rings is 1. The van der Waals surface area contributed by atoms with Crippen LogP contribution < -0.4 is 5.32 Å². The van der Waals surface area contributed by atoms with Crippen LogP contribution in [0.2, 0.25) is 0 Å². The van der Waals surface area contributed by atoms with Crippen molar-refractivity contribution in [2.75, 3.05) is 6.61 Å². The van der Waals surface area contributed by atoms with Gasteiger partial charge < -0.3 is 19.7 Å². The molecule has 1 saturated carbocycles. The van der Waals surface area contributed by atoms with E-state index in [1.165, 1.54) is 0 Å². The second kappa shape index (κ2) is 7.00. The highest BCUT2D eigenvalue weighted by Crippen LogP contribution is 2.51. The Hall–Kier alpha value is -2.34. The van der Waals surface area contributed by atoms with E-state index in [0.29, 0.717) is 19.4 Å². The van der Waals surface area contributed by atoms with E-state index < -0.39 is 16.9 Å². The van der Waals surface area contributed by atoms with Gasteiger partial charge in [-0.1, -0.05) is 32.0 Å². The van der Waals surface area contributed by atoms with Crippen molar-refractivity contribution in [3.05, 3.63) is 36.0 Å². The van der Waals surface area contributed by atoms with Crippen LogP contribution in [0.4, 0.5) is 0 Å². The molecule has 1 fully saturated rings. The monoisotopic (exact) mass is 372 g/mol. The Morgan fingerprint density at radius 3 is 2.67 bits per heavy atom. The predicted molar refractivity (Wildman–Crippen MR) is 104 cm³/mol. The van der Waals surface area contributed by atoms with Gasteiger partial charge in [0.1, 0.15) is 5.54 Å². The number of amides is 1. The topological polar surface area (TPSA) is 80.6 Å². The first-order valence-corrected chi connectivity index (χ1v) is 9.42. The smallest absolute Gasteiger partial charge is 0.330 e. The second-order valence-corrected chi connectivity index (χ2v) is 7.91. The minimum atomic E-state index is -1.28. The number of nitrogens with one attached hydrogen (secondary N) is 1. The van der Waals surface area contributed by atoms with Crippen molar-refractivity contribution in [3.63, 3.8) is 0 Å². The fourth-order valence-electron chi connectivity index (χ4n) is 4.21. The molecule has 2 aromatic rings. The van der Waals surface area contributed by atoms with Crippen LogP contribution in [0.5, 0.6) is 0 Å². The number of hydrogen-bond donors (Lipinski definition) is 2. The molecule has 3 rings (SSSR count). The van der Waals surface area contributed by atoms with E-state index in [2.05, 4.69) is 5.32 Å². The number of aromatic nitrogens is 1. The van der Waals surface area contributed by atoms with Gasteiger partial charge in [-0.25, -0.2) is 4.79 Å². The van der Waals surface area contributed by atoms with Crippen LogP contribution in [-0.4, -0.2) is 39.8 Å². The molecule has 6 heteroatoms. The third-order valence-electron chi connectivity index (χ3n) is 6.08. The first-order chi connectivity index (χ1) is 12.7. The summed E-state index contributed by atoms with van der Waals surface area (Å²) >= 11 is 0. The highest BCUT2D eigenvalue weighted by atomic mass is 16.5. The Morgan fingerprint density at radius 1 is 1.33 bits per heavy atom. The molecular weight excluding hydrogens is 344 g/mol. The number of carboxylic acids is 1. The molecule has 2 N–H and O–H groups in total. The fraction of sp³-hybridized carbons (Fsp3) is 0.524. The summed E-state index contributed by atoms with van der Waals surface area (Å²) in [5.74, 6) is -1.24. The molecule has 1 heterocycles. The zero-order valence-electron chi connectivity index (χ0n) is 16.4. The molecule has 2 atom stereocenters. The van der Waals surface area contributed by atoms with E-state index in [9.17, 15) is 14.7 Å². The zero-order valence-corrected chi connectivity index (χ0v) is 16.4. The maximum atomic E-state index is 12.6. The Bertz CT molecular complexity index is 870. The maximum absolute atomic E-state index is 12.6. The standard InChI is InChI=1S/C21H28N2O4/c1-5-27-17-12-21(19(25)26,20(17,2)3)22-18(24)11-10-14-13-23(4)16-9-7-6-8-15(14)16/h6-9,13,17H,5,10-12H2,1-4H3,(H,22,24)(H,25,26). The normalized spacial score (nSPS) is 23.8. The quantitative estimate of drug-likeness (QED) is 0.783. The van der Waals surface area contributed by atoms with Crippen molar-refractivity contribution < 1.29 is 19.4 Å². The van der Waals surface area contributed by atoms with Crippen molar-refractivity contribution in [3.8, 4) is 0 Å². The Morgan fingerprint density at radius 2 is 2.04 bits per heavy atom. The average molecular weight is 372 g/mol. The van der Waals surface area contributed by atoms with E-state index >= 15 is 0 Å². The van der Waals surface area contributed by atoms with Crippen LogP contribution in [0.1, 0.15) is 39.2 Å². The lowest BCUT2D eigenvalue weighted by molar-refractivity contribution is -0.194. The molecule has 1 aromatic carbocycles. The molecule has 27 heavy (non-hydrogen) atoms. The lowest BCUT2D eigenvalue weighted by atomic mass is 9.54. The number of carbonyl (C=O) groups excluding carboxylic acids is 1. The Balaban J connectivity index is 1.70. The van der Waals surface area contributed by atoms with Gasteiger partial charge >= 0.3 is 5.97 Å². The first-order valence-electron chi connectivity index (χ1n) is 9.42. The fourth-order valence-corrected chi connectivity index (χ4v) is 4.21. The Labute approximate surface area is 159 Å². The van der Waals surface area contributed by atoms with Gasteiger partial charge in [0.2, 0.25) is 5.91 Å². The van der Waals surface area contributed by atoms with Crippen LogP contribution >= 0.6 is 0 Å².